The molecule has 0 amide bonds. The van der Waals surface area contributed by atoms with E-state index in [0.717, 1.165) is 29.9 Å². The summed E-state index contributed by atoms with van der Waals surface area (Å²) in [6.07, 6.45) is 14.9. The average molecular weight is 313 g/mol. The molecule has 2 aliphatic carbocycles. The van der Waals surface area contributed by atoms with Crippen LogP contribution in [0.2, 0.25) is 0 Å². The van der Waals surface area contributed by atoms with E-state index >= 15 is 0 Å². The summed E-state index contributed by atoms with van der Waals surface area (Å²) in [5.41, 5.74) is 0. The van der Waals surface area contributed by atoms with Gasteiger partial charge in [0.15, 0.2) is 0 Å². The van der Waals surface area contributed by atoms with Crippen LogP contribution in [-0.4, -0.2) is 14.7 Å². The van der Waals surface area contributed by atoms with Crippen molar-refractivity contribution in [1.29, 1.82) is 0 Å². The zero-order chi connectivity index (χ0) is 15.3. The van der Waals surface area contributed by atoms with Crippen LogP contribution in [0.25, 0.3) is 0 Å². The Morgan fingerprint density at radius 3 is 2.00 bits per heavy atom. The second-order valence-corrected chi connectivity index (χ2v) is 9.99. The zero-order valence-electron chi connectivity index (χ0n) is 14.5. The Labute approximate surface area is 135 Å². The first-order valence-corrected chi connectivity index (χ1v) is 10.8. The molecule has 0 heterocycles. The fourth-order valence-electron chi connectivity index (χ4n) is 4.74. The second kappa shape index (κ2) is 8.13. The maximum absolute atomic E-state index is 12.4. The van der Waals surface area contributed by atoms with E-state index in [2.05, 4.69) is 20.8 Å². The molecule has 2 saturated carbocycles. The number of hydrogen-bond donors (Lipinski definition) is 0. The summed E-state index contributed by atoms with van der Waals surface area (Å²) in [6.45, 7) is 6.76. The first-order chi connectivity index (χ1) is 10.1. The van der Waals surface area contributed by atoms with E-state index in [1.54, 1.807) is 0 Å². The minimum Gasteiger partial charge on any atom is -0.259 e. The summed E-state index contributed by atoms with van der Waals surface area (Å²) >= 11 is 0. The van der Waals surface area contributed by atoms with Crippen LogP contribution in [0.1, 0.15) is 91.4 Å². The van der Waals surface area contributed by atoms with E-state index in [9.17, 15) is 4.21 Å². The lowest BCUT2D eigenvalue weighted by Crippen LogP contribution is -2.38. The molecular weight excluding hydrogens is 276 g/mol. The summed E-state index contributed by atoms with van der Waals surface area (Å²) in [4.78, 5) is 0. The highest BCUT2D eigenvalue weighted by molar-refractivity contribution is 7.86. The molecule has 1 atom stereocenters. The van der Waals surface area contributed by atoms with Crippen molar-refractivity contribution in [3.05, 3.63) is 0 Å². The normalized spacial score (nSPS) is 39.1. The molecule has 0 aromatic heterocycles. The topological polar surface area (TPSA) is 17.1 Å². The fraction of sp³-hybridized carbons (Fsp3) is 1.00. The van der Waals surface area contributed by atoms with Crippen molar-refractivity contribution in [2.24, 2.45) is 17.8 Å². The second-order valence-electron chi connectivity index (χ2n) is 7.91. The highest BCUT2D eigenvalue weighted by Crippen LogP contribution is 2.44. The third-order valence-electron chi connectivity index (χ3n) is 6.28. The molecule has 0 saturated heterocycles. The molecule has 2 fully saturated rings. The van der Waals surface area contributed by atoms with Crippen LogP contribution in [0, 0.1) is 17.8 Å². The molecule has 0 aromatic carbocycles. The van der Waals surface area contributed by atoms with Crippen LogP contribution >= 0.6 is 0 Å². The zero-order valence-corrected chi connectivity index (χ0v) is 15.4. The predicted octanol–water partition coefficient (Wildman–Crippen LogP) is 5.70. The van der Waals surface area contributed by atoms with E-state index < -0.39 is 10.8 Å². The molecule has 0 aliphatic heterocycles. The quantitative estimate of drug-likeness (QED) is 0.615. The lowest BCUT2D eigenvalue weighted by atomic mass is 9.69. The smallest absolute Gasteiger partial charge is 0.0431 e. The number of rotatable bonds is 6. The third-order valence-corrected chi connectivity index (χ3v) is 8.57. The summed E-state index contributed by atoms with van der Waals surface area (Å²) in [7, 11) is -0.600. The Balaban J connectivity index is 1.78. The van der Waals surface area contributed by atoms with E-state index in [4.69, 9.17) is 0 Å². The standard InChI is InChI=1S/C19H36OS/c1-4-6-16-7-9-17(10-8-16)18-11-13-19(3,14-12-18)21(20)15-5-2/h16-18H,4-15H2,1-3H3. The Kier molecular flexibility index (Phi) is 6.78. The molecule has 2 heteroatoms. The highest BCUT2D eigenvalue weighted by atomic mass is 32.2. The fourth-order valence-corrected chi connectivity index (χ4v) is 6.29. The lowest BCUT2D eigenvalue weighted by molar-refractivity contribution is 0.153. The van der Waals surface area contributed by atoms with Crippen molar-refractivity contribution < 1.29 is 4.21 Å². The molecule has 0 bridgehead atoms. The van der Waals surface area contributed by atoms with E-state index in [0.29, 0.717) is 0 Å². The summed E-state index contributed by atoms with van der Waals surface area (Å²) in [5.74, 6) is 3.86. The van der Waals surface area contributed by atoms with E-state index in [1.807, 2.05) is 0 Å². The van der Waals surface area contributed by atoms with Gasteiger partial charge >= 0.3 is 0 Å². The van der Waals surface area contributed by atoms with Crippen LogP contribution in [0.15, 0.2) is 0 Å². The number of hydrogen-bond acceptors (Lipinski definition) is 1. The van der Waals surface area contributed by atoms with Crippen LogP contribution in [0.4, 0.5) is 0 Å². The minimum atomic E-state index is -0.600. The Hall–Kier alpha value is 0.150. The van der Waals surface area contributed by atoms with Gasteiger partial charge in [-0.2, -0.15) is 0 Å². The predicted molar refractivity (Wildman–Crippen MR) is 94.0 cm³/mol. The van der Waals surface area contributed by atoms with Crippen molar-refractivity contribution in [2.45, 2.75) is 96.1 Å². The van der Waals surface area contributed by atoms with Gasteiger partial charge in [-0.15, -0.1) is 0 Å². The van der Waals surface area contributed by atoms with Gasteiger partial charge in [0, 0.05) is 21.3 Å². The van der Waals surface area contributed by atoms with Gasteiger partial charge in [0.25, 0.3) is 0 Å². The van der Waals surface area contributed by atoms with Crippen molar-refractivity contribution in [3.63, 3.8) is 0 Å². The van der Waals surface area contributed by atoms with Crippen LogP contribution in [0.3, 0.4) is 0 Å². The van der Waals surface area contributed by atoms with E-state index in [-0.39, 0.29) is 4.75 Å². The van der Waals surface area contributed by atoms with Crippen molar-refractivity contribution in [3.8, 4) is 0 Å². The van der Waals surface area contributed by atoms with Crippen molar-refractivity contribution in [2.75, 3.05) is 5.75 Å². The highest BCUT2D eigenvalue weighted by Gasteiger charge is 2.38. The first-order valence-electron chi connectivity index (χ1n) is 9.47. The molecule has 0 aromatic rings. The van der Waals surface area contributed by atoms with E-state index in [1.165, 1.54) is 64.2 Å². The first kappa shape index (κ1) is 17.5. The summed E-state index contributed by atoms with van der Waals surface area (Å²) in [5, 5.41) is 0. The molecule has 21 heavy (non-hydrogen) atoms. The van der Waals surface area contributed by atoms with Gasteiger partial charge in [-0.1, -0.05) is 39.5 Å². The Morgan fingerprint density at radius 2 is 1.48 bits per heavy atom. The monoisotopic (exact) mass is 312 g/mol. The molecule has 0 radical (unpaired) electrons. The molecule has 2 rings (SSSR count). The average Bonchev–Trinajstić information content (AvgIpc) is 2.50. The Morgan fingerprint density at radius 1 is 0.905 bits per heavy atom. The van der Waals surface area contributed by atoms with Crippen LogP contribution < -0.4 is 0 Å². The molecule has 1 nitrogen and oxygen atoms in total. The van der Waals surface area contributed by atoms with Crippen LogP contribution in [-0.2, 0) is 10.8 Å². The van der Waals surface area contributed by atoms with Gasteiger partial charge in [0.2, 0.25) is 0 Å². The van der Waals surface area contributed by atoms with Gasteiger partial charge in [-0.25, -0.2) is 0 Å². The molecule has 0 spiro atoms. The summed E-state index contributed by atoms with van der Waals surface area (Å²) in [6, 6.07) is 0. The van der Waals surface area contributed by atoms with Crippen LogP contribution in [0.5, 0.6) is 0 Å². The molecular formula is C19H36OS. The maximum Gasteiger partial charge on any atom is 0.0431 e. The SMILES string of the molecule is CCCC1CCC(C2CCC(C)(S(=O)CCC)CC2)CC1. The molecule has 124 valence electrons. The van der Waals surface area contributed by atoms with Gasteiger partial charge < -0.3 is 0 Å². The molecule has 1 unspecified atom stereocenters. The van der Waals surface area contributed by atoms with Gasteiger partial charge in [0.1, 0.15) is 0 Å². The largest absolute Gasteiger partial charge is 0.259 e. The maximum atomic E-state index is 12.4. The minimum absolute atomic E-state index is 0.131. The van der Waals surface area contributed by atoms with Crippen molar-refractivity contribution in [1.82, 2.24) is 0 Å². The summed E-state index contributed by atoms with van der Waals surface area (Å²) < 4.78 is 12.6. The third kappa shape index (κ3) is 4.56. The van der Waals surface area contributed by atoms with Gasteiger partial charge in [-0.3, -0.25) is 4.21 Å². The Bertz CT molecular complexity index is 322. The molecule has 0 N–H and O–H groups in total. The van der Waals surface area contributed by atoms with Gasteiger partial charge in [0.05, 0.1) is 0 Å². The van der Waals surface area contributed by atoms with Crippen molar-refractivity contribution >= 4 is 10.8 Å². The molecule has 2 aliphatic rings. The lowest BCUT2D eigenvalue weighted by Gasteiger charge is -2.41. The van der Waals surface area contributed by atoms with Gasteiger partial charge in [-0.05, 0) is 69.6 Å².